The van der Waals surface area contributed by atoms with Crippen molar-refractivity contribution < 1.29 is 4.79 Å². The van der Waals surface area contributed by atoms with E-state index < -0.39 is 0 Å². The number of pyridine rings is 1. The Labute approximate surface area is 152 Å². The van der Waals surface area contributed by atoms with E-state index >= 15 is 0 Å². The van der Waals surface area contributed by atoms with E-state index in [0.29, 0.717) is 5.56 Å². The molecule has 0 saturated carbocycles. The Hall–Kier alpha value is -3.19. The van der Waals surface area contributed by atoms with Crippen molar-refractivity contribution in [3.8, 4) is 6.07 Å². The highest BCUT2D eigenvalue weighted by molar-refractivity contribution is 5.98. The van der Waals surface area contributed by atoms with Crippen molar-refractivity contribution in [2.45, 2.75) is 12.8 Å². The lowest BCUT2D eigenvalue weighted by atomic mass is 9.88. The van der Waals surface area contributed by atoms with Crippen LogP contribution in [0.25, 0.3) is 10.9 Å². The van der Waals surface area contributed by atoms with Gasteiger partial charge in [0.1, 0.15) is 6.07 Å². The fourth-order valence-electron chi connectivity index (χ4n) is 3.75. The fraction of sp³-hybridized carbons (Fsp3) is 0.227. The molecule has 2 heterocycles. The number of carbonyl (C=O) groups excluding carboxylic acids is 1. The van der Waals surface area contributed by atoms with Gasteiger partial charge < -0.3 is 4.90 Å². The Kier molecular flexibility index (Phi) is 4.37. The number of piperidine rings is 1. The molecule has 26 heavy (non-hydrogen) atoms. The summed E-state index contributed by atoms with van der Waals surface area (Å²) in [5, 5.41) is 10.5. The van der Waals surface area contributed by atoms with Gasteiger partial charge in [0.25, 0.3) is 0 Å². The maximum absolute atomic E-state index is 12.7. The quantitative estimate of drug-likeness (QED) is 0.670. The van der Waals surface area contributed by atoms with Gasteiger partial charge >= 0.3 is 0 Å². The number of nitriles is 1. The van der Waals surface area contributed by atoms with Gasteiger partial charge in [-0.2, -0.15) is 5.26 Å². The van der Waals surface area contributed by atoms with Crippen molar-refractivity contribution >= 4 is 22.4 Å². The molecule has 0 bridgehead atoms. The maximum atomic E-state index is 12.7. The second-order valence-electron chi connectivity index (χ2n) is 6.64. The van der Waals surface area contributed by atoms with Crippen molar-refractivity contribution in [2.24, 2.45) is 5.92 Å². The topological polar surface area (TPSA) is 57.0 Å². The van der Waals surface area contributed by atoms with E-state index in [1.54, 1.807) is 6.20 Å². The van der Waals surface area contributed by atoms with Crippen molar-refractivity contribution in [3.05, 3.63) is 71.9 Å². The summed E-state index contributed by atoms with van der Waals surface area (Å²) in [6.07, 6.45) is 3.25. The van der Waals surface area contributed by atoms with Crippen LogP contribution in [0.2, 0.25) is 0 Å². The molecule has 0 aliphatic carbocycles. The highest BCUT2D eigenvalue weighted by Gasteiger charge is 2.27. The molecule has 4 heteroatoms. The molecule has 0 unspecified atom stereocenters. The molecule has 0 N–H and O–H groups in total. The van der Waals surface area contributed by atoms with Crippen LogP contribution in [-0.4, -0.2) is 23.9 Å². The summed E-state index contributed by atoms with van der Waals surface area (Å²) in [5.41, 5.74) is 3.22. The number of aromatic nitrogens is 1. The molecule has 0 atom stereocenters. The third kappa shape index (κ3) is 2.93. The molecule has 1 aliphatic rings. The summed E-state index contributed by atoms with van der Waals surface area (Å²) in [4.78, 5) is 19.3. The Morgan fingerprint density at radius 3 is 2.46 bits per heavy atom. The molecule has 0 radical (unpaired) electrons. The number of hydrogen-bond acceptors (Lipinski definition) is 4. The van der Waals surface area contributed by atoms with Gasteiger partial charge in [0.15, 0.2) is 5.78 Å². The van der Waals surface area contributed by atoms with E-state index in [9.17, 15) is 10.1 Å². The van der Waals surface area contributed by atoms with Crippen LogP contribution in [0.15, 0.2) is 60.8 Å². The predicted molar refractivity (Wildman–Crippen MR) is 102 cm³/mol. The SMILES string of the molecule is N#Cc1cnc2ccccc2c1N1CCC(C(=O)c2ccccc2)CC1. The van der Waals surface area contributed by atoms with Crippen LogP contribution in [0, 0.1) is 17.2 Å². The average Bonchev–Trinajstić information content (AvgIpc) is 2.73. The molecule has 1 saturated heterocycles. The van der Waals surface area contributed by atoms with Gasteiger partial charge in [-0.1, -0.05) is 48.5 Å². The average molecular weight is 341 g/mol. The smallest absolute Gasteiger partial charge is 0.166 e. The molecule has 0 spiro atoms. The molecule has 1 fully saturated rings. The lowest BCUT2D eigenvalue weighted by Crippen LogP contribution is -2.37. The second-order valence-corrected chi connectivity index (χ2v) is 6.64. The van der Waals surface area contributed by atoms with Gasteiger partial charge in [-0.15, -0.1) is 0 Å². The number of carbonyl (C=O) groups is 1. The largest absolute Gasteiger partial charge is 0.370 e. The van der Waals surface area contributed by atoms with Crippen LogP contribution in [0.1, 0.15) is 28.8 Å². The molecule has 0 amide bonds. The third-order valence-corrected chi connectivity index (χ3v) is 5.11. The van der Waals surface area contributed by atoms with Crippen molar-refractivity contribution in [3.63, 3.8) is 0 Å². The lowest BCUT2D eigenvalue weighted by Gasteiger charge is -2.34. The van der Waals surface area contributed by atoms with Gasteiger partial charge in [-0.05, 0) is 18.9 Å². The maximum Gasteiger partial charge on any atom is 0.166 e. The molecule has 3 aromatic rings. The van der Waals surface area contributed by atoms with Crippen molar-refractivity contribution in [1.29, 1.82) is 5.26 Å². The molecule has 4 nitrogen and oxygen atoms in total. The second kappa shape index (κ2) is 6.97. The van der Waals surface area contributed by atoms with Crippen LogP contribution in [0.4, 0.5) is 5.69 Å². The zero-order valence-electron chi connectivity index (χ0n) is 14.4. The van der Waals surface area contributed by atoms with Gasteiger partial charge in [-0.25, -0.2) is 0 Å². The number of rotatable bonds is 3. The molecular formula is C22H19N3O. The first-order valence-electron chi connectivity index (χ1n) is 8.90. The van der Waals surface area contributed by atoms with Gasteiger partial charge in [0.2, 0.25) is 0 Å². The standard InChI is InChI=1S/C22H19N3O/c23-14-18-15-24-20-9-5-4-8-19(20)21(18)25-12-10-17(11-13-25)22(26)16-6-2-1-3-7-16/h1-9,15,17H,10-13H2. The number of Topliss-reactive ketones (excluding diaryl/α,β-unsaturated/α-hetero) is 1. The Morgan fingerprint density at radius 2 is 1.73 bits per heavy atom. The van der Waals surface area contributed by atoms with E-state index in [1.165, 1.54) is 0 Å². The van der Waals surface area contributed by atoms with Crippen LogP contribution in [-0.2, 0) is 0 Å². The van der Waals surface area contributed by atoms with E-state index in [-0.39, 0.29) is 11.7 Å². The van der Waals surface area contributed by atoms with Gasteiger partial charge in [-0.3, -0.25) is 9.78 Å². The first-order chi connectivity index (χ1) is 12.8. The molecule has 2 aromatic carbocycles. The zero-order valence-corrected chi connectivity index (χ0v) is 14.4. The first kappa shape index (κ1) is 16.3. The Bertz CT molecular complexity index is 983. The fourth-order valence-corrected chi connectivity index (χ4v) is 3.75. The third-order valence-electron chi connectivity index (χ3n) is 5.11. The summed E-state index contributed by atoms with van der Waals surface area (Å²) in [6.45, 7) is 1.54. The number of fused-ring (bicyclic) bond motifs is 1. The van der Waals surface area contributed by atoms with Crippen LogP contribution in [0.3, 0.4) is 0 Å². The van der Waals surface area contributed by atoms with E-state index in [2.05, 4.69) is 16.0 Å². The van der Waals surface area contributed by atoms with E-state index in [4.69, 9.17) is 0 Å². The first-order valence-corrected chi connectivity index (χ1v) is 8.90. The van der Waals surface area contributed by atoms with Crippen molar-refractivity contribution in [1.82, 2.24) is 4.98 Å². The Morgan fingerprint density at radius 1 is 1.04 bits per heavy atom. The van der Waals surface area contributed by atoms with Crippen LogP contribution >= 0.6 is 0 Å². The summed E-state index contributed by atoms with van der Waals surface area (Å²) in [5.74, 6) is 0.276. The number of hydrogen-bond donors (Lipinski definition) is 0. The van der Waals surface area contributed by atoms with Crippen molar-refractivity contribution in [2.75, 3.05) is 18.0 Å². The Balaban J connectivity index is 1.58. The zero-order chi connectivity index (χ0) is 17.9. The minimum absolute atomic E-state index is 0.0484. The molecule has 1 aromatic heterocycles. The molecule has 1 aliphatic heterocycles. The molecule has 128 valence electrons. The van der Waals surface area contributed by atoms with Crippen LogP contribution < -0.4 is 4.90 Å². The minimum Gasteiger partial charge on any atom is -0.370 e. The summed E-state index contributed by atoms with van der Waals surface area (Å²) in [7, 11) is 0. The number of benzene rings is 2. The highest BCUT2D eigenvalue weighted by Crippen LogP contribution is 2.33. The monoisotopic (exact) mass is 341 g/mol. The minimum atomic E-state index is 0.0484. The van der Waals surface area contributed by atoms with E-state index in [0.717, 1.165) is 48.1 Å². The normalized spacial score (nSPS) is 15.0. The summed E-state index contributed by atoms with van der Waals surface area (Å²) >= 11 is 0. The summed E-state index contributed by atoms with van der Waals surface area (Å²) in [6, 6.07) is 19.7. The van der Waals surface area contributed by atoms with E-state index in [1.807, 2.05) is 54.6 Å². The number of nitrogens with zero attached hydrogens (tertiary/aromatic N) is 3. The predicted octanol–water partition coefficient (Wildman–Crippen LogP) is 4.21. The number of anilines is 1. The number of ketones is 1. The van der Waals surface area contributed by atoms with Gasteiger partial charge in [0, 0.05) is 36.2 Å². The molecular weight excluding hydrogens is 322 g/mol. The summed E-state index contributed by atoms with van der Waals surface area (Å²) < 4.78 is 0. The highest BCUT2D eigenvalue weighted by atomic mass is 16.1. The van der Waals surface area contributed by atoms with Crippen LogP contribution in [0.5, 0.6) is 0 Å². The van der Waals surface area contributed by atoms with Gasteiger partial charge in [0.05, 0.1) is 16.8 Å². The molecule has 4 rings (SSSR count). The lowest BCUT2D eigenvalue weighted by molar-refractivity contribution is 0.0900. The number of para-hydroxylation sites is 1.